The zero-order chi connectivity index (χ0) is 18.9. The van der Waals surface area contributed by atoms with Crippen LogP contribution in [0.25, 0.3) is 0 Å². The van der Waals surface area contributed by atoms with Crippen molar-refractivity contribution < 1.29 is 9.59 Å². The number of carbonyl (C=O) groups is 2. The van der Waals surface area contributed by atoms with Crippen molar-refractivity contribution in [1.82, 2.24) is 25.2 Å². The van der Waals surface area contributed by atoms with E-state index in [1.54, 1.807) is 4.68 Å². The molecule has 7 nitrogen and oxygen atoms in total. The Morgan fingerprint density at radius 3 is 2.85 bits per heavy atom. The fourth-order valence-electron chi connectivity index (χ4n) is 3.65. The first kappa shape index (κ1) is 20.4. The van der Waals surface area contributed by atoms with Gasteiger partial charge in [0.2, 0.25) is 5.91 Å². The lowest BCUT2D eigenvalue weighted by Crippen LogP contribution is -2.43. The van der Waals surface area contributed by atoms with E-state index in [0.29, 0.717) is 31.1 Å². The minimum Gasteiger partial charge on any atom is -0.349 e. The molecule has 0 aromatic carbocycles. The summed E-state index contributed by atoms with van der Waals surface area (Å²) in [6, 6.07) is 0.0982. The fraction of sp³-hybridized carbons (Fsp3) is 0.789. The number of nitrogens with one attached hydrogen (secondary N) is 1. The zero-order valence-electron chi connectivity index (χ0n) is 16.4. The average molecular weight is 364 g/mol. The molecule has 1 fully saturated rings. The predicted octanol–water partition coefficient (Wildman–Crippen LogP) is 2.63. The quantitative estimate of drug-likeness (QED) is 0.693. The Balaban J connectivity index is 1.87. The summed E-state index contributed by atoms with van der Waals surface area (Å²) >= 11 is 0. The molecule has 1 aliphatic heterocycles. The molecule has 2 rings (SSSR count). The number of aryl methyl sites for hydroxylation is 1. The highest BCUT2D eigenvalue weighted by Crippen LogP contribution is 2.23. The fourth-order valence-corrected chi connectivity index (χ4v) is 3.65. The molecule has 2 heterocycles. The Morgan fingerprint density at radius 2 is 2.15 bits per heavy atom. The van der Waals surface area contributed by atoms with Gasteiger partial charge in [-0.25, -0.2) is 4.68 Å². The van der Waals surface area contributed by atoms with Crippen LogP contribution in [0.2, 0.25) is 0 Å². The summed E-state index contributed by atoms with van der Waals surface area (Å²) in [5.74, 6) is 0.541. The number of likely N-dealkylation sites (tertiary alicyclic amines) is 1. The van der Waals surface area contributed by atoms with Gasteiger partial charge in [0.1, 0.15) is 5.69 Å². The highest BCUT2D eigenvalue weighted by atomic mass is 16.2. The number of carbonyl (C=O) groups excluding carboxylic acids is 2. The number of rotatable bonds is 10. The van der Waals surface area contributed by atoms with Gasteiger partial charge in [0.15, 0.2) is 0 Å². The lowest BCUT2D eigenvalue weighted by atomic mass is 9.95. The van der Waals surface area contributed by atoms with E-state index in [0.717, 1.165) is 32.2 Å². The second kappa shape index (κ2) is 10.3. The summed E-state index contributed by atoms with van der Waals surface area (Å²) in [6.45, 7) is 8.18. The van der Waals surface area contributed by atoms with Crippen LogP contribution in [-0.4, -0.2) is 50.8 Å². The molecule has 0 saturated carbocycles. The molecule has 1 aliphatic rings. The first-order valence-corrected chi connectivity index (χ1v) is 10.1. The maximum atomic E-state index is 12.8. The number of nitrogens with zero attached hydrogens (tertiary/aromatic N) is 4. The lowest BCUT2D eigenvalue weighted by molar-refractivity contribution is -0.133. The van der Waals surface area contributed by atoms with Gasteiger partial charge in [0, 0.05) is 32.1 Å². The molecule has 1 aromatic heterocycles. The number of aromatic nitrogens is 3. The van der Waals surface area contributed by atoms with E-state index in [9.17, 15) is 9.59 Å². The van der Waals surface area contributed by atoms with Gasteiger partial charge in [-0.3, -0.25) is 9.59 Å². The number of hydrogen-bond acceptors (Lipinski definition) is 4. The summed E-state index contributed by atoms with van der Waals surface area (Å²) in [5, 5.41) is 10.6. The van der Waals surface area contributed by atoms with Crippen molar-refractivity contribution >= 4 is 11.8 Å². The number of amides is 2. The third-order valence-electron chi connectivity index (χ3n) is 5.35. The van der Waals surface area contributed by atoms with Crippen LogP contribution >= 0.6 is 0 Å². The summed E-state index contributed by atoms with van der Waals surface area (Å²) in [6.07, 6.45) is 8.60. The van der Waals surface area contributed by atoms with Gasteiger partial charge in [-0.2, -0.15) is 0 Å². The van der Waals surface area contributed by atoms with Crippen molar-refractivity contribution in [3.8, 4) is 0 Å². The molecule has 2 atom stereocenters. The predicted molar refractivity (Wildman–Crippen MR) is 101 cm³/mol. The van der Waals surface area contributed by atoms with Crippen molar-refractivity contribution in [2.45, 2.75) is 78.3 Å². The zero-order valence-corrected chi connectivity index (χ0v) is 16.4. The monoisotopic (exact) mass is 363 g/mol. The molecule has 146 valence electrons. The van der Waals surface area contributed by atoms with Crippen LogP contribution in [0.5, 0.6) is 0 Å². The minimum absolute atomic E-state index is 0.0982. The Kier molecular flexibility index (Phi) is 8.06. The average Bonchev–Trinajstić information content (AvgIpc) is 3.31. The van der Waals surface area contributed by atoms with Gasteiger partial charge in [0.25, 0.3) is 5.91 Å². The van der Waals surface area contributed by atoms with Crippen LogP contribution in [0, 0.1) is 5.92 Å². The van der Waals surface area contributed by atoms with Crippen molar-refractivity contribution in [3.63, 3.8) is 0 Å². The van der Waals surface area contributed by atoms with Crippen LogP contribution in [0.1, 0.15) is 76.2 Å². The molecule has 26 heavy (non-hydrogen) atoms. The maximum absolute atomic E-state index is 12.8. The van der Waals surface area contributed by atoms with Gasteiger partial charge >= 0.3 is 0 Å². The second-order valence-electron chi connectivity index (χ2n) is 7.15. The molecule has 2 amide bonds. The van der Waals surface area contributed by atoms with Crippen LogP contribution in [0.15, 0.2) is 6.20 Å². The summed E-state index contributed by atoms with van der Waals surface area (Å²) in [5.41, 5.74) is 0.467. The van der Waals surface area contributed by atoms with Gasteiger partial charge < -0.3 is 10.2 Å². The van der Waals surface area contributed by atoms with E-state index >= 15 is 0 Å². The summed E-state index contributed by atoms with van der Waals surface area (Å²) < 4.78 is 1.58. The molecular weight excluding hydrogens is 330 g/mol. The molecule has 1 aromatic rings. The second-order valence-corrected chi connectivity index (χ2v) is 7.15. The minimum atomic E-state index is -0.175. The van der Waals surface area contributed by atoms with Crippen molar-refractivity contribution in [2.75, 3.05) is 13.1 Å². The Bertz CT molecular complexity index is 586. The summed E-state index contributed by atoms with van der Waals surface area (Å²) in [7, 11) is 0. The van der Waals surface area contributed by atoms with Crippen molar-refractivity contribution in [3.05, 3.63) is 11.9 Å². The summed E-state index contributed by atoms with van der Waals surface area (Å²) in [4.78, 5) is 27.1. The molecule has 0 aliphatic carbocycles. The topological polar surface area (TPSA) is 80.1 Å². The van der Waals surface area contributed by atoms with Crippen LogP contribution in [0.3, 0.4) is 0 Å². The number of unbranched alkanes of at least 4 members (excludes halogenated alkanes) is 1. The van der Waals surface area contributed by atoms with Crippen LogP contribution in [-0.2, 0) is 11.3 Å². The van der Waals surface area contributed by atoms with Gasteiger partial charge in [-0.15, -0.1) is 5.10 Å². The molecule has 0 radical (unpaired) electrons. The van der Waals surface area contributed by atoms with Crippen molar-refractivity contribution in [1.29, 1.82) is 0 Å². The van der Waals surface area contributed by atoms with Crippen molar-refractivity contribution in [2.24, 2.45) is 5.92 Å². The van der Waals surface area contributed by atoms with Gasteiger partial charge in [-0.1, -0.05) is 38.3 Å². The standard InChI is InChI=1S/C19H33N5O2/c1-4-7-9-15(5-2)12-18(25)23-11-8-10-16(23)13-20-19(26)17-14-21-22-24(17)6-3/h14-16H,4-13H2,1-3H3,(H,20,26). The highest BCUT2D eigenvalue weighted by molar-refractivity contribution is 5.92. The molecule has 1 saturated heterocycles. The molecular formula is C19H33N5O2. The van der Waals surface area contributed by atoms with E-state index in [1.807, 2.05) is 11.8 Å². The Hall–Kier alpha value is -1.92. The van der Waals surface area contributed by atoms with E-state index in [2.05, 4.69) is 29.5 Å². The molecule has 2 unspecified atom stereocenters. The van der Waals surface area contributed by atoms with E-state index < -0.39 is 0 Å². The van der Waals surface area contributed by atoms with E-state index in [1.165, 1.54) is 19.0 Å². The third kappa shape index (κ3) is 5.29. The van der Waals surface area contributed by atoms with Gasteiger partial charge in [-0.05, 0) is 32.1 Å². The molecule has 0 spiro atoms. The highest BCUT2D eigenvalue weighted by Gasteiger charge is 2.30. The molecule has 1 N–H and O–H groups in total. The lowest BCUT2D eigenvalue weighted by Gasteiger charge is -2.27. The van der Waals surface area contributed by atoms with E-state index in [-0.39, 0.29) is 17.9 Å². The third-order valence-corrected chi connectivity index (χ3v) is 5.35. The largest absolute Gasteiger partial charge is 0.349 e. The number of hydrogen-bond donors (Lipinski definition) is 1. The van der Waals surface area contributed by atoms with Crippen LogP contribution in [0.4, 0.5) is 0 Å². The maximum Gasteiger partial charge on any atom is 0.271 e. The SMILES string of the molecule is CCCCC(CC)CC(=O)N1CCCC1CNC(=O)c1cnnn1CC. The first-order valence-electron chi connectivity index (χ1n) is 10.1. The van der Waals surface area contributed by atoms with Crippen LogP contribution < -0.4 is 5.32 Å². The Morgan fingerprint density at radius 1 is 1.35 bits per heavy atom. The Labute approximate surface area is 156 Å². The normalized spacial score (nSPS) is 18.1. The van der Waals surface area contributed by atoms with Gasteiger partial charge in [0.05, 0.1) is 6.20 Å². The molecule has 0 bridgehead atoms. The smallest absolute Gasteiger partial charge is 0.271 e. The van der Waals surface area contributed by atoms with E-state index in [4.69, 9.17) is 0 Å². The first-order chi connectivity index (χ1) is 12.6. The molecule has 7 heteroatoms.